The summed E-state index contributed by atoms with van der Waals surface area (Å²) in [6.07, 6.45) is 4.43. The summed E-state index contributed by atoms with van der Waals surface area (Å²) in [5.41, 5.74) is 3.26. The number of fused-ring (bicyclic) bond motifs is 2. The van der Waals surface area contributed by atoms with Crippen LogP contribution in [0.4, 0.5) is 0 Å². The Kier molecular flexibility index (Phi) is 4.93. The van der Waals surface area contributed by atoms with Gasteiger partial charge in [-0.1, -0.05) is 12.1 Å². The van der Waals surface area contributed by atoms with Gasteiger partial charge in [0.2, 0.25) is 0 Å². The first kappa shape index (κ1) is 18.5. The van der Waals surface area contributed by atoms with Crippen molar-refractivity contribution in [2.24, 2.45) is 0 Å². The molecule has 1 saturated heterocycles. The van der Waals surface area contributed by atoms with Crippen LogP contribution in [0, 0.1) is 0 Å². The van der Waals surface area contributed by atoms with E-state index in [-0.39, 0.29) is 11.6 Å². The number of benzene rings is 1. The van der Waals surface area contributed by atoms with E-state index in [9.17, 15) is 4.79 Å². The van der Waals surface area contributed by atoms with Crippen molar-refractivity contribution >= 4 is 10.9 Å². The summed E-state index contributed by atoms with van der Waals surface area (Å²) < 4.78 is 9.24. The van der Waals surface area contributed by atoms with Crippen molar-refractivity contribution in [2.45, 2.75) is 51.4 Å². The molecule has 0 N–H and O–H groups in total. The highest BCUT2D eigenvalue weighted by atomic mass is 16.5. The number of aromatic nitrogens is 4. The Hall–Kier alpha value is -2.51. The number of para-hydroxylation sites is 1. The van der Waals surface area contributed by atoms with E-state index in [1.54, 1.807) is 7.11 Å². The van der Waals surface area contributed by atoms with Crippen LogP contribution in [0.3, 0.4) is 0 Å². The number of nitrogens with zero attached hydrogens (tertiary/aromatic N) is 5. The number of rotatable bonds is 6. The fourth-order valence-electron chi connectivity index (χ4n) is 4.75. The molecule has 1 aromatic carbocycles. The van der Waals surface area contributed by atoms with E-state index in [0.717, 1.165) is 55.9 Å². The van der Waals surface area contributed by atoms with E-state index in [2.05, 4.69) is 15.6 Å². The zero-order valence-electron chi connectivity index (χ0n) is 16.9. The molecular weight excluding hydrogens is 366 g/mol. The largest absolute Gasteiger partial charge is 0.383 e. The van der Waals surface area contributed by atoms with Crippen LogP contribution in [0.5, 0.6) is 0 Å². The zero-order chi connectivity index (χ0) is 19.8. The average Bonchev–Trinajstić information content (AvgIpc) is 3.44. The van der Waals surface area contributed by atoms with Gasteiger partial charge >= 0.3 is 0 Å². The Bertz CT molecular complexity index is 1060. The van der Waals surface area contributed by atoms with Crippen LogP contribution < -0.4 is 5.56 Å². The quantitative estimate of drug-likeness (QED) is 0.644. The van der Waals surface area contributed by atoms with Gasteiger partial charge in [-0.15, -0.1) is 0 Å². The maximum atomic E-state index is 13.2. The first-order chi connectivity index (χ1) is 14.2. The highest BCUT2D eigenvalue weighted by Crippen LogP contribution is 2.32. The molecule has 0 amide bonds. The molecule has 0 bridgehead atoms. The van der Waals surface area contributed by atoms with E-state index in [0.29, 0.717) is 18.5 Å². The number of hydrogen-bond acceptors (Lipinski definition) is 5. The molecular formula is C22H27N5O2. The maximum Gasteiger partial charge on any atom is 0.261 e. The molecule has 0 saturated carbocycles. The van der Waals surface area contributed by atoms with Crippen LogP contribution in [0.2, 0.25) is 0 Å². The number of hydrogen-bond donors (Lipinski definition) is 0. The molecule has 1 unspecified atom stereocenters. The molecule has 3 aromatic rings. The van der Waals surface area contributed by atoms with E-state index in [1.165, 1.54) is 12.1 Å². The summed E-state index contributed by atoms with van der Waals surface area (Å²) in [4.78, 5) is 20.6. The van der Waals surface area contributed by atoms with Gasteiger partial charge < -0.3 is 4.74 Å². The molecule has 7 nitrogen and oxygen atoms in total. The van der Waals surface area contributed by atoms with Gasteiger partial charge in [-0.2, -0.15) is 5.10 Å². The van der Waals surface area contributed by atoms with Crippen LogP contribution in [0.1, 0.15) is 42.5 Å². The van der Waals surface area contributed by atoms with Gasteiger partial charge in [0, 0.05) is 25.9 Å². The average molecular weight is 393 g/mol. The van der Waals surface area contributed by atoms with Crippen LogP contribution in [0.25, 0.3) is 10.9 Å². The Morgan fingerprint density at radius 1 is 1.21 bits per heavy atom. The fourth-order valence-corrected chi connectivity index (χ4v) is 4.75. The lowest BCUT2D eigenvalue weighted by Gasteiger charge is -2.26. The Morgan fingerprint density at radius 2 is 2.10 bits per heavy atom. The first-order valence-electron chi connectivity index (χ1n) is 10.5. The topological polar surface area (TPSA) is 65.2 Å². The molecule has 5 rings (SSSR count). The molecule has 2 aliphatic rings. The monoisotopic (exact) mass is 393 g/mol. The predicted molar refractivity (Wildman–Crippen MR) is 111 cm³/mol. The molecule has 1 fully saturated rings. The molecule has 7 heteroatoms. The number of ether oxygens (including phenoxy) is 1. The van der Waals surface area contributed by atoms with Gasteiger partial charge in [-0.05, 0) is 50.4 Å². The molecule has 0 radical (unpaired) electrons. The molecule has 0 aliphatic carbocycles. The Labute approximate surface area is 169 Å². The molecule has 4 heterocycles. The second-order valence-electron chi connectivity index (χ2n) is 8.02. The van der Waals surface area contributed by atoms with Gasteiger partial charge in [0.25, 0.3) is 5.56 Å². The van der Waals surface area contributed by atoms with E-state index < -0.39 is 0 Å². The first-order valence-corrected chi connectivity index (χ1v) is 10.5. The maximum absolute atomic E-state index is 13.2. The normalized spacial score (nSPS) is 19.3. The Morgan fingerprint density at radius 3 is 2.97 bits per heavy atom. The SMILES string of the molecule is COCCn1c(C2CCCN2Cc2cc3n(n2)CCC3)nc2ccccc2c1=O. The molecule has 29 heavy (non-hydrogen) atoms. The van der Waals surface area contributed by atoms with Crippen molar-refractivity contribution in [2.75, 3.05) is 20.3 Å². The Balaban J connectivity index is 1.51. The third-order valence-corrected chi connectivity index (χ3v) is 6.15. The minimum Gasteiger partial charge on any atom is -0.383 e. The van der Waals surface area contributed by atoms with Gasteiger partial charge in [-0.3, -0.25) is 18.9 Å². The van der Waals surface area contributed by atoms with Gasteiger partial charge in [0.1, 0.15) is 5.82 Å². The van der Waals surface area contributed by atoms with E-state index in [1.807, 2.05) is 28.8 Å². The van der Waals surface area contributed by atoms with Crippen LogP contribution in [-0.4, -0.2) is 44.5 Å². The highest BCUT2D eigenvalue weighted by Gasteiger charge is 2.31. The van der Waals surface area contributed by atoms with Crippen molar-refractivity contribution < 1.29 is 4.74 Å². The van der Waals surface area contributed by atoms with Crippen LogP contribution in [0.15, 0.2) is 35.1 Å². The summed E-state index contributed by atoms with van der Waals surface area (Å²) in [5.74, 6) is 0.856. The standard InChI is InChI=1S/C22H27N5O2/c1-29-13-12-26-21(23-19-8-3-2-7-18(19)22(26)28)20-9-5-10-25(20)15-16-14-17-6-4-11-27(17)24-16/h2-3,7-8,14,20H,4-6,9-13,15H2,1H3. The van der Waals surface area contributed by atoms with Gasteiger partial charge in [-0.25, -0.2) is 4.98 Å². The zero-order valence-corrected chi connectivity index (χ0v) is 16.9. The summed E-state index contributed by atoms with van der Waals surface area (Å²) in [6, 6.07) is 9.99. The van der Waals surface area contributed by atoms with E-state index >= 15 is 0 Å². The van der Waals surface area contributed by atoms with Crippen LogP contribution in [-0.2, 0) is 30.8 Å². The summed E-state index contributed by atoms with van der Waals surface area (Å²) in [6.45, 7) is 3.85. The predicted octanol–water partition coefficient (Wildman–Crippen LogP) is 2.52. The lowest BCUT2D eigenvalue weighted by molar-refractivity contribution is 0.178. The smallest absolute Gasteiger partial charge is 0.261 e. The molecule has 1 atom stereocenters. The number of likely N-dealkylation sites (tertiary alicyclic amines) is 1. The molecule has 2 aliphatic heterocycles. The number of methoxy groups -OCH3 is 1. The minimum atomic E-state index is 0.0236. The van der Waals surface area contributed by atoms with E-state index in [4.69, 9.17) is 14.8 Å². The van der Waals surface area contributed by atoms with Gasteiger partial charge in [0.15, 0.2) is 0 Å². The van der Waals surface area contributed by atoms with Crippen molar-refractivity contribution in [3.05, 3.63) is 57.9 Å². The van der Waals surface area contributed by atoms with Crippen LogP contribution >= 0.6 is 0 Å². The third kappa shape index (κ3) is 3.38. The molecule has 2 aromatic heterocycles. The second-order valence-corrected chi connectivity index (χ2v) is 8.02. The summed E-state index contributed by atoms with van der Waals surface area (Å²) in [5, 5.41) is 5.46. The highest BCUT2D eigenvalue weighted by molar-refractivity contribution is 5.77. The second kappa shape index (κ2) is 7.72. The summed E-state index contributed by atoms with van der Waals surface area (Å²) >= 11 is 0. The van der Waals surface area contributed by atoms with Crippen molar-refractivity contribution in [1.29, 1.82) is 0 Å². The van der Waals surface area contributed by atoms with Crippen molar-refractivity contribution in [3.63, 3.8) is 0 Å². The third-order valence-electron chi connectivity index (χ3n) is 6.15. The van der Waals surface area contributed by atoms with Crippen molar-refractivity contribution in [3.8, 4) is 0 Å². The number of aryl methyl sites for hydroxylation is 2. The molecule has 152 valence electrons. The lowest BCUT2D eigenvalue weighted by Crippen LogP contribution is -2.33. The summed E-state index contributed by atoms with van der Waals surface area (Å²) in [7, 11) is 1.67. The molecule has 0 spiro atoms. The minimum absolute atomic E-state index is 0.0236. The lowest BCUT2D eigenvalue weighted by atomic mass is 10.1. The fraction of sp³-hybridized carbons (Fsp3) is 0.500. The van der Waals surface area contributed by atoms with Gasteiger partial charge in [0.05, 0.1) is 35.8 Å². The van der Waals surface area contributed by atoms with Crippen molar-refractivity contribution in [1.82, 2.24) is 24.2 Å².